The fourth-order valence-corrected chi connectivity index (χ4v) is 8.64. The number of hydrogen-bond acceptors (Lipinski definition) is 6. The molecular formula is C75H120O6. The molecule has 81 heavy (non-hydrogen) atoms. The van der Waals surface area contributed by atoms with Crippen molar-refractivity contribution < 1.29 is 28.6 Å². The monoisotopic (exact) mass is 1120 g/mol. The molecule has 0 radical (unpaired) electrons. The molecule has 0 N–H and O–H groups in total. The van der Waals surface area contributed by atoms with Crippen LogP contribution in [0.3, 0.4) is 0 Å². The molecule has 1 unspecified atom stereocenters. The van der Waals surface area contributed by atoms with Crippen molar-refractivity contribution in [2.75, 3.05) is 13.2 Å². The molecule has 0 amide bonds. The lowest BCUT2D eigenvalue weighted by Crippen LogP contribution is -2.30. The average molecular weight is 1120 g/mol. The molecule has 0 rings (SSSR count). The summed E-state index contributed by atoms with van der Waals surface area (Å²) in [4.78, 5) is 38.4. The molecule has 0 aliphatic carbocycles. The highest BCUT2D eigenvalue weighted by Gasteiger charge is 2.19. The van der Waals surface area contributed by atoms with E-state index in [0.717, 1.165) is 122 Å². The van der Waals surface area contributed by atoms with Crippen molar-refractivity contribution >= 4 is 17.9 Å². The summed E-state index contributed by atoms with van der Waals surface area (Å²) in [5.41, 5.74) is 0. The molecule has 1 atom stereocenters. The second-order valence-electron chi connectivity index (χ2n) is 21.3. The van der Waals surface area contributed by atoms with E-state index in [-0.39, 0.29) is 31.6 Å². The van der Waals surface area contributed by atoms with Gasteiger partial charge in [-0.25, -0.2) is 0 Å². The highest BCUT2D eigenvalue weighted by Crippen LogP contribution is 2.15. The van der Waals surface area contributed by atoms with Crippen molar-refractivity contribution in [2.24, 2.45) is 0 Å². The molecule has 0 saturated carbocycles. The highest BCUT2D eigenvalue weighted by molar-refractivity contribution is 5.71. The Morgan fingerprint density at radius 1 is 0.259 bits per heavy atom. The van der Waals surface area contributed by atoms with Crippen molar-refractivity contribution in [2.45, 2.75) is 284 Å². The number of carbonyl (C=O) groups is 3. The van der Waals surface area contributed by atoms with Crippen LogP contribution in [0.4, 0.5) is 0 Å². The Morgan fingerprint density at radius 2 is 0.506 bits per heavy atom. The fraction of sp³-hybridized carbons (Fsp3) is 0.613. The highest BCUT2D eigenvalue weighted by atomic mass is 16.6. The van der Waals surface area contributed by atoms with Gasteiger partial charge in [0.25, 0.3) is 0 Å². The SMILES string of the molecule is CC/C=C\C/C=C\C/C=C\C/C=C\C/C=C\C/C=C\CCC(=O)OC(COC(=O)CCCCCCCCC/C=C\C/C=C\CCCCC)COC(=O)CCCCCCCCCCCCC/C=C\C/C=C\C/C=C\C/C=C\C/C=C\CC. The van der Waals surface area contributed by atoms with Crippen LogP contribution in [-0.4, -0.2) is 37.2 Å². The summed E-state index contributed by atoms with van der Waals surface area (Å²) in [5.74, 6) is -1.01. The van der Waals surface area contributed by atoms with Crippen LogP contribution in [0.25, 0.3) is 0 Å². The third kappa shape index (κ3) is 65.7. The molecule has 0 bridgehead atoms. The lowest BCUT2D eigenvalue weighted by atomic mass is 10.0. The number of carbonyl (C=O) groups excluding carboxylic acids is 3. The first-order valence-corrected chi connectivity index (χ1v) is 33.0. The standard InChI is InChI=1S/C75H120O6/c1-4-7-10-13-16-19-22-25-28-31-33-34-35-36-37-38-39-40-42-44-47-50-53-56-59-62-65-68-74(77)80-71-72(70-79-73(76)67-64-61-58-55-52-49-46-43-30-27-24-21-18-15-12-9-6-3)81-75(78)69-66-63-60-57-54-51-48-45-41-32-29-26-23-20-17-14-11-8-5-2/h7-8,10-11,16-21,25-30,33-34,36-37,41,45,51,54,60,63,72H,4-6,9,12-15,22-24,31-32,35,38-40,42-44,46-50,52-53,55-59,61-62,64-71H2,1-3H3/b10-7-,11-8-,19-16-,20-17-,21-18-,28-25-,29-26-,30-27-,34-33-,37-36-,45-41-,54-51-,63-60-. The van der Waals surface area contributed by atoms with Crippen LogP contribution in [0.5, 0.6) is 0 Å². The van der Waals surface area contributed by atoms with E-state index in [1.54, 1.807) is 0 Å². The number of rotatable bonds is 58. The number of allylic oxidation sites excluding steroid dienone is 26. The normalized spacial score (nSPS) is 13.2. The summed E-state index contributed by atoms with van der Waals surface area (Å²) < 4.78 is 16.9. The van der Waals surface area contributed by atoms with Crippen LogP contribution >= 0.6 is 0 Å². The van der Waals surface area contributed by atoms with Gasteiger partial charge in [-0.3, -0.25) is 14.4 Å². The second-order valence-corrected chi connectivity index (χ2v) is 21.3. The first-order chi connectivity index (χ1) is 40.0. The van der Waals surface area contributed by atoms with Crippen LogP contribution in [0.2, 0.25) is 0 Å². The third-order valence-corrected chi connectivity index (χ3v) is 13.5. The molecule has 0 saturated heterocycles. The minimum absolute atomic E-state index is 0.118. The van der Waals surface area contributed by atoms with E-state index in [2.05, 4.69) is 173 Å². The zero-order chi connectivity index (χ0) is 58.5. The minimum atomic E-state index is -0.832. The molecule has 0 heterocycles. The summed E-state index contributed by atoms with van der Waals surface area (Å²) in [6, 6.07) is 0. The molecule has 0 spiro atoms. The predicted molar refractivity (Wildman–Crippen MR) is 352 cm³/mol. The third-order valence-electron chi connectivity index (χ3n) is 13.5. The summed E-state index contributed by atoms with van der Waals surface area (Å²) in [6.07, 6.45) is 98.3. The fourth-order valence-electron chi connectivity index (χ4n) is 8.64. The van der Waals surface area contributed by atoms with Crippen LogP contribution in [0, 0.1) is 0 Å². The molecule has 456 valence electrons. The average Bonchev–Trinajstić information content (AvgIpc) is 3.47. The lowest BCUT2D eigenvalue weighted by molar-refractivity contribution is -0.166. The van der Waals surface area contributed by atoms with Gasteiger partial charge in [0.1, 0.15) is 13.2 Å². The molecule has 0 fully saturated rings. The Kier molecular flexibility index (Phi) is 63.4. The maximum atomic E-state index is 12.9. The molecule has 0 aliphatic heterocycles. The Bertz CT molecular complexity index is 1810. The van der Waals surface area contributed by atoms with E-state index in [9.17, 15) is 14.4 Å². The van der Waals surface area contributed by atoms with Crippen molar-refractivity contribution in [1.29, 1.82) is 0 Å². The van der Waals surface area contributed by atoms with Gasteiger partial charge in [-0.15, -0.1) is 0 Å². The van der Waals surface area contributed by atoms with E-state index in [0.29, 0.717) is 19.3 Å². The van der Waals surface area contributed by atoms with E-state index in [1.807, 2.05) is 6.08 Å². The van der Waals surface area contributed by atoms with Gasteiger partial charge in [0.15, 0.2) is 6.10 Å². The smallest absolute Gasteiger partial charge is 0.306 e. The van der Waals surface area contributed by atoms with Gasteiger partial charge in [0.05, 0.1) is 0 Å². The van der Waals surface area contributed by atoms with Crippen molar-refractivity contribution in [3.63, 3.8) is 0 Å². The Balaban J connectivity index is 4.47. The first-order valence-electron chi connectivity index (χ1n) is 33.0. The van der Waals surface area contributed by atoms with Gasteiger partial charge in [0.2, 0.25) is 0 Å². The molecule has 0 aromatic rings. The quantitative estimate of drug-likeness (QED) is 0.0261. The zero-order valence-corrected chi connectivity index (χ0v) is 52.2. The van der Waals surface area contributed by atoms with Crippen LogP contribution in [-0.2, 0) is 28.6 Å². The Labute approximate surface area is 499 Å². The van der Waals surface area contributed by atoms with Gasteiger partial charge in [-0.05, 0) is 135 Å². The zero-order valence-electron chi connectivity index (χ0n) is 52.2. The number of hydrogen-bond donors (Lipinski definition) is 0. The van der Waals surface area contributed by atoms with E-state index in [1.165, 1.54) is 109 Å². The topological polar surface area (TPSA) is 78.9 Å². The number of unbranched alkanes of at least 4 members (excludes halogenated alkanes) is 21. The maximum absolute atomic E-state index is 12.9. The van der Waals surface area contributed by atoms with Crippen molar-refractivity contribution in [3.05, 3.63) is 158 Å². The summed E-state index contributed by atoms with van der Waals surface area (Å²) in [5, 5.41) is 0. The van der Waals surface area contributed by atoms with Gasteiger partial charge in [-0.1, -0.05) is 281 Å². The van der Waals surface area contributed by atoms with Crippen LogP contribution in [0.15, 0.2) is 158 Å². The molecule has 0 aliphatic rings. The van der Waals surface area contributed by atoms with Gasteiger partial charge < -0.3 is 14.2 Å². The van der Waals surface area contributed by atoms with E-state index in [4.69, 9.17) is 14.2 Å². The van der Waals surface area contributed by atoms with Crippen molar-refractivity contribution in [3.8, 4) is 0 Å². The van der Waals surface area contributed by atoms with Gasteiger partial charge in [0, 0.05) is 19.3 Å². The Hall–Kier alpha value is -4.97. The molecule has 6 nitrogen and oxygen atoms in total. The lowest BCUT2D eigenvalue weighted by Gasteiger charge is -2.18. The van der Waals surface area contributed by atoms with Crippen molar-refractivity contribution in [1.82, 2.24) is 0 Å². The van der Waals surface area contributed by atoms with Gasteiger partial charge in [-0.2, -0.15) is 0 Å². The molecular weight excluding hydrogens is 997 g/mol. The maximum Gasteiger partial charge on any atom is 0.306 e. The largest absolute Gasteiger partial charge is 0.462 e. The predicted octanol–water partition coefficient (Wildman–Crippen LogP) is 22.9. The summed E-state index contributed by atoms with van der Waals surface area (Å²) in [6.45, 7) is 6.32. The number of ether oxygens (including phenoxy) is 3. The van der Waals surface area contributed by atoms with Gasteiger partial charge >= 0.3 is 17.9 Å². The number of esters is 3. The summed E-state index contributed by atoms with van der Waals surface area (Å²) in [7, 11) is 0. The molecule has 6 heteroatoms. The van der Waals surface area contributed by atoms with E-state index >= 15 is 0 Å². The second kappa shape index (κ2) is 67.5. The van der Waals surface area contributed by atoms with Crippen LogP contribution in [0.1, 0.15) is 278 Å². The molecule has 0 aromatic heterocycles. The Morgan fingerprint density at radius 3 is 0.802 bits per heavy atom. The van der Waals surface area contributed by atoms with Crippen LogP contribution < -0.4 is 0 Å². The van der Waals surface area contributed by atoms with E-state index < -0.39 is 12.1 Å². The summed E-state index contributed by atoms with van der Waals surface area (Å²) >= 11 is 0. The molecule has 0 aromatic carbocycles. The minimum Gasteiger partial charge on any atom is -0.462 e. The first kappa shape index (κ1) is 76.0.